The molecule has 6 nitrogen and oxygen atoms in total. The maximum atomic E-state index is 12.4. The van der Waals surface area contributed by atoms with Gasteiger partial charge in [-0.1, -0.05) is 12.1 Å². The summed E-state index contributed by atoms with van der Waals surface area (Å²) in [5.74, 6) is -0.125. The van der Waals surface area contributed by atoms with E-state index in [1.165, 1.54) is 4.80 Å². The van der Waals surface area contributed by atoms with Crippen LogP contribution in [0.1, 0.15) is 29.6 Å². The fourth-order valence-electron chi connectivity index (χ4n) is 2.59. The number of benzene rings is 1. The largest absolute Gasteiger partial charge is 0.348 e. The van der Waals surface area contributed by atoms with Crippen LogP contribution in [-0.4, -0.2) is 33.0 Å². The van der Waals surface area contributed by atoms with Crippen LogP contribution in [0.2, 0.25) is 0 Å². The third-order valence-corrected chi connectivity index (χ3v) is 3.67. The van der Waals surface area contributed by atoms with E-state index < -0.39 is 0 Å². The topological polar surface area (TPSA) is 85.8 Å². The van der Waals surface area contributed by atoms with Gasteiger partial charge in [-0.05, 0) is 31.4 Å². The Balaban J connectivity index is 0.00000161. The quantitative estimate of drug-likeness (QED) is 0.895. The monoisotopic (exact) mass is 307 g/mol. The predicted molar refractivity (Wildman–Crippen MR) is 81.7 cm³/mol. The number of aromatic nitrogens is 3. The van der Waals surface area contributed by atoms with Gasteiger partial charge in [0.25, 0.3) is 5.91 Å². The summed E-state index contributed by atoms with van der Waals surface area (Å²) in [5.41, 5.74) is 7.22. The van der Waals surface area contributed by atoms with Crippen LogP contribution in [0, 0.1) is 0 Å². The molecule has 1 saturated carbocycles. The minimum atomic E-state index is -0.125. The van der Waals surface area contributed by atoms with E-state index in [0.717, 1.165) is 19.3 Å². The zero-order chi connectivity index (χ0) is 13.9. The van der Waals surface area contributed by atoms with E-state index in [2.05, 4.69) is 15.5 Å². The predicted octanol–water partition coefficient (Wildman–Crippen LogP) is 1.30. The van der Waals surface area contributed by atoms with Crippen molar-refractivity contribution in [1.82, 2.24) is 20.3 Å². The molecule has 2 atom stereocenters. The number of carbonyl (C=O) groups excluding carboxylic acids is 1. The Hall–Kier alpha value is -1.92. The second-order valence-corrected chi connectivity index (χ2v) is 5.01. The van der Waals surface area contributed by atoms with E-state index in [1.54, 1.807) is 18.5 Å². The number of hydrogen-bond donors (Lipinski definition) is 2. The number of nitrogens with one attached hydrogen (secondary N) is 1. The first kappa shape index (κ1) is 15.5. The van der Waals surface area contributed by atoms with Crippen molar-refractivity contribution in [3.63, 3.8) is 0 Å². The number of para-hydroxylation sites is 1. The Labute approximate surface area is 129 Å². The number of nitrogens with two attached hydrogens (primary N) is 1. The van der Waals surface area contributed by atoms with Crippen molar-refractivity contribution in [3.05, 3.63) is 42.2 Å². The molecular formula is C14H18ClN5O. The fourth-order valence-corrected chi connectivity index (χ4v) is 2.59. The smallest absolute Gasteiger partial charge is 0.253 e. The fraction of sp³-hybridized carbons (Fsp3) is 0.357. The van der Waals surface area contributed by atoms with Gasteiger partial charge in [-0.2, -0.15) is 15.0 Å². The molecular weight excluding hydrogens is 290 g/mol. The van der Waals surface area contributed by atoms with Crippen LogP contribution < -0.4 is 11.1 Å². The van der Waals surface area contributed by atoms with Crippen LogP contribution in [0.3, 0.4) is 0 Å². The normalized spacial score (nSPS) is 20.8. The average Bonchev–Trinajstić information content (AvgIpc) is 3.11. The Morgan fingerprint density at radius 2 is 1.95 bits per heavy atom. The van der Waals surface area contributed by atoms with Crippen LogP contribution in [0.15, 0.2) is 36.7 Å². The van der Waals surface area contributed by atoms with Crippen LogP contribution in [0.25, 0.3) is 5.69 Å². The second kappa shape index (κ2) is 6.69. The molecule has 1 fully saturated rings. The molecule has 1 aliphatic rings. The number of nitrogens with zero attached hydrogens (tertiary/aromatic N) is 3. The van der Waals surface area contributed by atoms with E-state index in [0.29, 0.717) is 11.3 Å². The number of hydrogen-bond acceptors (Lipinski definition) is 4. The molecule has 3 rings (SSSR count). The number of rotatable bonds is 3. The zero-order valence-electron chi connectivity index (χ0n) is 11.5. The highest BCUT2D eigenvalue weighted by Gasteiger charge is 2.26. The first-order valence-electron chi connectivity index (χ1n) is 6.78. The molecule has 2 aromatic rings. The molecule has 1 aromatic carbocycles. The SMILES string of the molecule is Cl.N[C@@H]1CCC[C@@H]1NC(=O)c1ccccc1-n1nccn1. The van der Waals surface area contributed by atoms with Gasteiger partial charge in [0.2, 0.25) is 0 Å². The Morgan fingerprint density at radius 1 is 1.24 bits per heavy atom. The molecule has 1 aromatic heterocycles. The molecule has 0 saturated heterocycles. The standard InChI is InChI=1S/C14H17N5O.ClH/c15-11-5-3-6-12(11)18-14(20)10-4-1-2-7-13(10)19-16-8-9-17-19;/h1-2,4,7-9,11-12H,3,5-6,15H2,(H,18,20);1H/t11-,12+;/m1./s1. The first-order chi connectivity index (χ1) is 9.75. The summed E-state index contributed by atoms with van der Waals surface area (Å²) >= 11 is 0. The van der Waals surface area contributed by atoms with Crippen molar-refractivity contribution in [3.8, 4) is 5.69 Å². The molecule has 0 bridgehead atoms. The lowest BCUT2D eigenvalue weighted by Gasteiger charge is -2.18. The molecule has 21 heavy (non-hydrogen) atoms. The maximum absolute atomic E-state index is 12.4. The van der Waals surface area contributed by atoms with Crippen LogP contribution in [-0.2, 0) is 0 Å². The van der Waals surface area contributed by atoms with Crippen LogP contribution in [0.5, 0.6) is 0 Å². The minimum Gasteiger partial charge on any atom is -0.348 e. The van der Waals surface area contributed by atoms with Crippen LogP contribution >= 0.6 is 12.4 Å². The zero-order valence-corrected chi connectivity index (χ0v) is 12.3. The van der Waals surface area contributed by atoms with Crippen molar-refractivity contribution in [2.75, 3.05) is 0 Å². The number of carbonyl (C=O) groups is 1. The third kappa shape index (κ3) is 3.22. The molecule has 3 N–H and O–H groups in total. The van der Waals surface area contributed by atoms with E-state index in [-0.39, 0.29) is 30.4 Å². The van der Waals surface area contributed by atoms with Gasteiger partial charge in [-0.3, -0.25) is 4.79 Å². The van der Waals surface area contributed by atoms with Gasteiger partial charge in [0, 0.05) is 12.1 Å². The Morgan fingerprint density at radius 3 is 2.62 bits per heavy atom. The average molecular weight is 308 g/mol. The lowest BCUT2D eigenvalue weighted by Crippen LogP contribution is -2.44. The van der Waals surface area contributed by atoms with Crippen molar-refractivity contribution in [2.45, 2.75) is 31.3 Å². The van der Waals surface area contributed by atoms with Crippen LogP contribution in [0.4, 0.5) is 0 Å². The van der Waals surface area contributed by atoms with Crippen molar-refractivity contribution in [1.29, 1.82) is 0 Å². The third-order valence-electron chi connectivity index (χ3n) is 3.67. The van der Waals surface area contributed by atoms with Gasteiger partial charge < -0.3 is 11.1 Å². The highest BCUT2D eigenvalue weighted by molar-refractivity contribution is 5.97. The summed E-state index contributed by atoms with van der Waals surface area (Å²) in [6, 6.07) is 7.39. The molecule has 1 amide bonds. The second-order valence-electron chi connectivity index (χ2n) is 5.01. The molecule has 112 valence electrons. The van der Waals surface area contributed by atoms with Gasteiger partial charge in [-0.25, -0.2) is 0 Å². The number of halogens is 1. The maximum Gasteiger partial charge on any atom is 0.253 e. The summed E-state index contributed by atoms with van der Waals surface area (Å²) < 4.78 is 0. The van der Waals surface area contributed by atoms with Gasteiger partial charge in [0.15, 0.2) is 0 Å². The lowest BCUT2D eigenvalue weighted by molar-refractivity contribution is 0.0934. The first-order valence-corrected chi connectivity index (χ1v) is 6.78. The van der Waals surface area contributed by atoms with Gasteiger partial charge in [0.05, 0.1) is 23.6 Å². The Bertz CT molecular complexity index is 601. The lowest BCUT2D eigenvalue weighted by atomic mass is 10.1. The van der Waals surface area contributed by atoms with Crippen molar-refractivity contribution in [2.24, 2.45) is 5.73 Å². The van der Waals surface area contributed by atoms with E-state index >= 15 is 0 Å². The van der Waals surface area contributed by atoms with Crippen molar-refractivity contribution < 1.29 is 4.79 Å². The highest BCUT2D eigenvalue weighted by Crippen LogP contribution is 2.19. The molecule has 0 spiro atoms. The molecule has 1 heterocycles. The number of amides is 1. The molecule has 0 radical (unpaired) electrons. The summed E-state index contributed by atoms with van der Waals surface area (Å²) in [4.78, 5) is 13.9. The summed E-state index contributed by atoms with van der Waals surface area (Å²) in [6.07, 6.45) is 6.14. The molecule has 0 unspecified atom stereocenters. The molecule has 1 aliphatic carbocycles. The highest BCUT2D eigenvalue weighted by atomic mass is 35.5. The molecule has 7 heteroatoms. The summed E-state index contributed by atoms with van der Waals surface area (Å²) in [5, 5.41) is 11.2. The summed E-state index contributed by atoms with van der Waals surface area (Å²) in [6.45, 7) is 0. The van der Waals surface area contributed by atoms with Gasteiger partial charge in [-0.15, -0.1) is 12.4 Å². The van der Waals surface area contributed by atoms with E-state index in [1.807, 2.05) is 18.2 Å². The summed E-state index contributed by atoms with van der Waals surface area (Å²) in [7, 11) is 0. The van der Waals surface area contributed by atoms with Gasteiger partial charge >= 0.3 is 0 Å². The van der Waals surface area contributed by atoms with Crippen molar-refractivity contribution >= 4 is 18.3 Å². The molecule has 0 aliphatic heterocycles. The van der Waals surface area contributed by atoms with E-state index in [4.69, 9.17) is 5.73 Å². The Kier molecular flexibility index (Phi) is 4.93. The van der Waals surface area contributed by atoms with Gasteiger partial charge in [0.1, 0.15) is 0 Å². The van der Waals surface area contributed by atoms with E-state index in [9.17, 15) is 4.79 Å². The minimum absolute atomic E-state index is 0.